The highest BCUT2D eigenvalue weighted by Crippen LogP contribution is 2.31. The van der Waals surface area contributed by atoms with E-state index in [1.54, 1.807) is 0 Å². The lowest BCUT2D eigenvalue weighted by Crippen LogP contribution is -2.05. The Hall–Kier alpha value is -3.57. The third-order valence-electron chi connectivity index (χ3n) is 5.20. The van der Waals surface area contributed by atoms with Crippen molar-refractivity contribution >= 4 is 26.8 Å². The molecule has 0 radical (unpaired) electrons. The van der Waals surface area contributed by atoms with Crippen LogP contribution in [0.1, 0.15) is 11.1 Å². The summed E-state index contributed by atoms with van der Waals surface area (Å²) in [5.74, 6) is 1.05. The molecule has 0 atom stereocenters. The van der Waals surface area contributed by atoms with E-state index in [1.165, 1.54) is 0 Å². The van der Waals surface area contributed by atoms with Crippen LogP contribution in [-0.2, 0) is 13.2 Å². The Bertz CT molecular complexity index is 1330. The van der Waals surface area contributed by atoms with Crippen LogP contribution >= 0.6 is 15.9 Å². The van der Waals surface area contributed by atoms with Crippen LogP contribution in [0.2, 0.25) is 0 Å². The summed E-state index contributed by atoms with van der Waals surface area (Å²) in [5.41, 5.74) is 4.10. The number of fused-ring (bicyclic) bond motifs is 1. The molecule has 4 nitrogen and oxygen atoms in total. The van der Waals surface area contributed by atoms with Gasteiger partial charge in [0, 0.05) is 22.1 Å². The predicted octanol–water partition coefficient (Wildman–Crippen LogP) is 6.95. The molecule has 0 unspecified atom stereocenters. The zero-order valence-electron chi connectivity index (χ0n) is 17.3. The van der Waals surface area contributed by atoms with E-state index in [0.717, 1.165) is 32.2 Å². The van der Waals surface area contributed by atoms with Crippen molar-refractivity contribution < 1.29 is 9.47 Å². The Morgan fingerprint density at radius 2 is 1.38 bits per heavy atom. The molecule has 0 bridgehead atoms. The first-order chi connectivity index (χ1) is 15.8. The summed E-state index contributed by atoms with van der Waals surface area (Å²) in [6.45, 7) is 0.872. The van der Waals surface area contributed by atoms with Gasteiger partial charge in [-0.3, -0.25) is 0 Å². The molecular weight excluding hydrogens is 464 g/mol. The van der Waals surface area contributed by atoms with E-state index >= 15 is 0 Å². The van der Waals surface area contributed by atoms with Gasteiger partial charge in [-0.2, -0.15) is 4.98 Å². The zero-order chi connectivity index (χ0) is 21.8. The van der Waals surface area contributed by atoms with E-state index in [4.69, 9.17) is 14.5 Å². The molecule has 0 amide bonds. The van der Waals surface area contributed by atoms with Crippen molar-refractivity contribution in [1.82, 2.24) is 9.55 Å². The molecule has 0 aliphatic carbocycles. The van der Waals surface area contributed by atoms with Crippen LogP contribution < -0.4 is 9.47 Å². The molecule has 5 heteroatoms. The van der Waals surface area contributed by atoms with Crippen LogP contribution in [0.5, 0.6) is 11.8 Å². The molecule has 0 saturated carbocycles. The number of halogens is 1. The summed E-state index contributed by atoms with van der Waals surface area (Å²) in [7, 11) is 0. The fraction of sp³-hybridized carbons (Fsp3) is 0.0741. The maximum absolute atomic E-state index is 6.20. The molecule has 5 rings (SSSR count). The Kier molecular flexibility index (Phi) is 5.90. The molecule has 158 valence electrons. The van der Waals surface area contributed by atoms with E-state index in [-0.39, 0.29) is 0 Å². The maximum Gasteiger partial charge on any atom is 0.241 e. The second-order valence-electron chi connectivity index (χ2n) is 7.38. The van der Waals surface area contributed by atoms with Gasteiger partial charge in [-0.25, -0.2) is 0 Å². The predicted molar refractivity (Wildman–Crippen MR) is 130 cm³/mol. The molecule has 0 fully saturated rings. The van der Waals surface area contributed by atoms with Crippen LogP contribution in [0.4, 0.5) is 0 Å². The molecular formula is C27H21BrN2O2. The van der Waals surface area contributed by atoms with E-state index in [0.29, 0.717) is 25.0 Å². The second-order valence-corrected chi connectivity index (χ2v) is 8.24. The standard InChI is InChI=1S/C27H21BrN2O2/c28-23-12-7-13-24-22(23)16-17-30(24)25-14-15-26(31-18-20-8-3-1-4-9-20)29-27(25)32-19-21-10-5-2-6-11-21/h1-17H,18-19H2. The van der Waals surface area contributed by atoms with Gasteiger partial charge in [0.2, 0.25) is 11.8 Å². The average Bonchev–Trinajstić information content (AvgIpc) is 3.28. The van der Waals surface area contributed by atoms with Crippen molar-refractivity contribution in [3.8, 4) is 17.4 Å². The SMILES string of the molecule is Brc1cccc2c1ccn2-c1ccc(OCc2ccccc2)nc1OCc1ccccc1. The first kappa shape index (κ1) is 20.3. The van der Waals surface area contributed by atoms with Crippen LogP contribution in [0.25, 0.3) is 16.6 Å². The first-order valence-corrected chi connectivity index (χ1v) is 11.2. The van der Waals surface area contributed by atoms with Gasteiger partial charge < -0.3 is 14.0 Å². The lowest BCUT2D eigenvalue weighted by molar-refractivity contribution is 0.267. The average molecular weight is 485 g/mol. The Labute approximate surface area is 195 Å². The molecule has 0 N–H and O–H groups in total. The topological polar surface area (TPSA) is 36.3 Å². The monoisotopic (exact) mass is 484 g/mol. The first-order valence-electron chi connectivity index (χ1n) is 10.4. The highest BCUT2D eigenvalue weighted by atomic mass is 79.9. The van der Waals surface area contributed by atoms with Crippen molar-refractivity contribution in [1.29, 1.82) is 0 Å². The van der Waals surface area contributed by atoms with Crippen LogP contribution in [-0.4, -0.2) is 9.55 Å². The lowest BCUT2D eigenvalue weighted by atomic mass is 10.2. The summed E-state index contributed by atoms with van der Waals surface area (Å²) in [6, 6.07) is 32.2. The van der Waals surface area contributed by atoms with Crippen molar-refractivity contribution in [3.05, 3.63) is 119 Å². The number of rotatable bonds is 7. The zero-order valence-corrected chi connectivity index (χ0v) is 18.9. The van der Waals surface area contributed by atoms with E-state index in [1.807, 2.05) is 91.1 Å². The highest BCUT2D eigenvalue weighted by molar-refractivity contribution is 9.10. The van der Waals surface area contributed by atoms with Crippen molar-refractivity contribution in [2.75, 3.05) is 0 Å². The van der Waals surface area contributed by atoms with Gasteiger partial charge in [-0.1, -0.05) is 82.7 Å². The van der Waals surface area contributed by atoms with E-state index < -0.39 is 0 Å². The summed E-state index contributed by atoms with van der Waals surface area (Å²) in [5, 5.41) is 1.13. The Morgan fingerprint density at radius 3 is 2.09 bits per heavy atom. The molecule has 0 saturated heterocycles. The summed E-state index contributed by atoms with van der Waals surface area (Å²) in [4.78, 5) is 4.71. The molecule has 32 heavy (non-hydrogen) atoms. The largest absolute Gasteiger partial charge is 0.473 e. The smallest absolute Gasteiger partial charge is 0.241 e. The number of aromatic nitrogens is 2. The van der Waals surface area contributed by atoms with Gasteiger partial charge in [-0.15, -0.1) is 0 Å². The highest BCUT2D eigenvalue weighted by Gasteiger charge is 2.14. The molecule has 0 aliphatic rings. The quantitative estimate of drug-likeness (QED) is 0.250. The molecule has 2 heterocycles. The normalized spacial score (nSPS) is 10.9. The summed E-state index contributed by atoms with van der Waals surface area (Å²) < 4.78 is 15.3. The van der Waals surface area contributed by atoms with Crippen LogP contribution in [0, 0.1) is 0 Å². The second kappa shape index (κ2) is 9.28. The van der Waals surface area contributed by atoms with Crippen molar-refractivity contribution in [3.63, 3.8) is 0 Å². The number of hydrogen-bond donors (Lipinski definition) is 0. The van der Waals surface area contributed by atoms with Gasteiger partial charge in [0.05, 0.1) is 5.52 Å². The number of nitrogens with zero attached hydrogens (tertiary/aromatic N) is 2. The third kappa shape index (κ3) is 4.39. The number of pyridine rings is 1. The van der Waals surface area contributed by atoms with Crippen LogP contribution in [0.3, 0.4) is 0 Å². The Morgan fingerprint density at radius 1 is 0.688 bits per heavy atom. The molecule has 3 aromatic carbocycles. The van der Waals surface area contributed by atoms with Gasteiger partial charge >= 0.3 is 0 Å². The van der Waals surface area contributed by atoms with E-state index in [2.05, 4.69) is 32.6 Å². The van der Waals surface area contributed by atoms with Gasteiger partial charge in [0.15, 0.2) is 0 Å². The van der Waals surface area contributed by atoms with E-state index in [9.17, 15) is 0 Å². The molecule has 0 spiro atoms. The van der Waals surface area contributed by atoms with Gasteiger partial charge in [0.25, 0.3) is 0 Å². The lowest BCUT2D eigenvalue weighted by Gasteiger charge is -2.14. The minimum Gasteiger partial charge on any atom is -0.473 e. The minimum atomic E-state index is 0.422. The van der Waals surface area contributed by atoms with Crippen molar-refractivity contribution in [2.24, 2.45) is 0 Å². The van der Waals surface area contributed by atoms with Gasteiger partial charge in [0.1, 0.15) is 18.9 Å². The summed E-state index contributed by atoms with van der Waals surface area (Å²) in [6.07, 6.45) is 2.03. The minimum absolute atomic E-state index is 0.422. The molecule has 0 aliphatic heterocycles. The summed E-state index contributed by atoms with van der Waals surface area (Å²) >= 11 is 3.64. The fourth-order valence-corrected chi connectivity index (χ4v) is 4.07. The van der Waals surface area contributed by atoms with Crippen LogP contribution in [0.15, 0.2) is 108 Å². The van der Waals surface area contributed by atoms with Gasteiger partial charge in [-0.05, 0) is 35.4 Å². The Balaban J connectivity index is 1.49. The fourth-order valence-electron chi connectivity index (χ4n) is 3.58. The number of benzene rings is 3. The number of ether oxygens (including phenoxy) is 2. The molecule has 5 aromatic rings. The third-order valence-corrected chi connectivity index (χ3v) is 5.89. The van der Waals surface area contributed by atoms with Crippen molar-refractivity contribution in [2.45, 2.75) is 13.2 Å². The number of hydrogen-bond acceptors (Lipinski definition) is 3. The maximum atomic E-state index is 6.20. The molecule has 2 aromatic heterocycles.